The summed E-state index contributed by atoms with van der Waals surface area (Å²) in [5, 5.41) is 11.3. The predicted molar refractivity (Wildman–Crippen MR) is 94.8 cm³/mol. The Labute approximate surface area is 150 Å². The van der Waals surface area contributed by atoms with Gasteiger partial charge in [-0.2, -0.15) is 0 Å². The lowest BCUT2D eigenvalue weighted by Gasteiger charge is -2.15. The molecule has 25 heavy (non-hydrogen) atoms. The highest BCUT2D eigenvalue weighted by atomic mass is 32.2. The van der Waals surface area contributed by atoms with Gasteiger partial charge in [-0.25, -0.2) is 8.42 Å². The quantitative estimate of drug-likeness (QED) is 0.758. The molecule has 0 aromatic carbocycles. The molecule has 1 aliphatic heterocycles. The number of thioether (sulfide) groups is 1. The largest absolute Gasteiger partial charge is 0.351 e. The van der Waals surface area contributed by atoms with Gasteiger partial charge in [-0.3, -0.25) is 9.78 Å². The fraction of sp³-hybridized carbons (Fsp3) is 0.467. The van der Waals surface area contributed by atoms with Crippen LogP contribution >= 0.6 is 11.8 Å². The van der Waals surface area contributed by atoms with E-state index in [2.05, 4.69) is 20.5 Å². The van der Waals surface area contributed by atoms with E-state index in [4.69, 9.17) is 0 Å². The molecule has 1 amide bonds. The molecule has 3 rings (SSSR count). The van der Waals surface area contributed by atoms with E-state index in [1.165, 1.54) is 11.8 Å². The van der Waals surface area contributed by atoms with Crippen molar-refractivity contribution in [2.45, 2.75) is 29.8 Å². The van der Waals surface area contributed by atoms with E-state index in [1.54, 1.807) is 19.3 Å². The predicted octanol–water partition coefficient (Wildman–Crippen LogP) is 0.661. The molecule has 2 atom stereocenters. The number of hydrogen-bond donors (Lipinski definition) is 1. The van der Waals surface area contributed by atoms with Gasteiger partial charge in [0.15, 0.2) is 20.8 Å². The fourth-order valence-electron chi connectivity index (χ4n) is 2.61. The van der Waals surface area contributed by atoms with Crippen molar-refractivity contribution in [3.8, 4) is 11.4 Å². The maximum Gasteiger partial charge on any atom is 0.233 e. The van der Waals surface area contributed by atoms with E-state index < -0.39 is 15.1 Å². The first kappa shape index (κ1) is 17.9. The number of carbonyl (C=O) groups excluding carboxylic acids is 1. The van der Waals surface area contributed by atoms with Gasteiger partial charge in [0.05, 0.1) is 16.8 Å². The number of nitrogens with zero attached hydrogens (tertiary/aromatic N) is 4. The van der Waals surface area contributed by atoms with Crippen LogP contribution in [0.5, 0.6) is 0 Å². The summed E-state index contributed by atoms with van der Waals surface area (Å²) in [5.41, 5.74) is 0.894. The van der Waals surface area contributed by atoms with Crippen LogP contribution in [-0.2, 0) is 21.7 Å². The Balaban J connectivity index is 1.64. The third-order valence-electron chi connectivity index (χ3n) is 4.00. The molecule has 2 aromatic rings. The highest BCUT2D eigenvalue weighted by molar-refractivity contribution is 8.00. The first-order valence-electron chi connectivity index (χ1n) is 7.83. The zero-order chi connectivity index (χ0) is 18.0. The number of sulfone groups is 1. The summed E-state index contributed by atoms with van der Waals surface area (Å²) in [6.45, 7) is 1.77. The molecule has 8 nitrogen and oxygen atoms in total. The van der Waals surface area contributed by atoms with Crippen LogP contribution in [0.4, 0.5) is 0 Å². The summed E-state index contributed by atoms with van der Waals surface area (Å²) in [4.78, 5) is 16.3. The summed E-state index contributed by atoms with van der Waals surface area (Å²) >= 11 is 1.29. The normalized spacial score (nSPS) is 20.3. The molecule has 0 spiro atoms. The minimum absolute atomic E-state index is 0.0201. The van der Waals surface area contributed by atoms with Crippen LogP contribution in [0.2, 0.25) is 0 Å². The summed E-state index contributed by atoms with van der Waals surface area (Å²) in [7, 11) is -1.17. The molecule has 3 heterocycles. The summed E-state index contributed by atoms with van der Waals surface area (Å²) in [5.74, 6) is 0.657. The van der Waals surface area contributed by atoms with Crippen molar-refractivity contribution in [2.24, 2.45) is 7.05 Å². The lowest BCUT2D eigenvalue weighted by Crippen LogP contribution is -2.40. The van der Waals surface area contributed by atoms with Crippen molar-refractivity contribution < 1.29 is 13.2 Å². The second kappa shape index (κ2) is 7.12. The number of amides is 1. The molecule has 1 fully saturated rings. The third kappa shape index (κ3) is 4.18. The lowest BCUT2D eigenvalue weighted by atomic mass is 10.2. The van der Waals surface area contributed by atoms with E-state index in [0.29, 0.717) is 17.4 Å². The molecule has 10 heteroatoms. The van der Waals surface area contributed by atoms with Gasteiger partial charge in [0, 0.05) is 31.0 Å². The highest BCUT2D eigenvalue weighted by Gasteiger charge is 2.30. The van der Waals surface area contributed by atoms with Crippen molar-refractivity contribution in [2.75, 3.05) is 11.5 Å². The SMILES string of the molecule is C[C@@H](Sc1nnc(-c2ccncc2)n1C)C(=O)N[C@@H]1CCS(=O)(=O)C1. The van der Waals surface area contributed by atoms with Crippen LogP contribution in [0.15, 0.2) is 29.7 Å². The van der Waals surface area contributed by atoms with Crippen LogP contribution in [0, 0.1) is 0 Å². The Hall–Kier alpha value is -1.94. The van der Waals surface area contributed by atoms with Gasteiger partial charge in [-0.15, -0.1) is 10.2 Å². The van der Waals surface area contributed by atoms with Crippen molar-refractivity contribution in [3.05, 3.63) is 24.5 Å². The number of nitrogens with one attached hydrogen (secondary N) is 1. The maximum absolute atomic E-state index is 12.3. The smallest absolute Gasteiger partial charge is 0.233 e. The van der Waals surface area contributed by atoms with E-state index >= 15 is 0 Å². The van der Waals surface area contributed by atoms with Crippen LogP contribution in [0.1, 0.15) is 13.3 Å². The van der Waals surface area contributed by atoms with Gasteiger partial charge in [-0.05, 0) is 25.5 Å². The standard InChI is InChI=1S/C15H19N5O3S2/c1-10(14(21)17-12-5-8-25(22,23)9-12)24-15-19-18-13(20(15)2)11-3-6-16-7-4-11/h3-4,6-7,10,12H,5,8-9H2,1-2H3,(H,17,21)/t10-,12-/m1/s1. The van der Waals surface area contributed by atoms with Gasteiger partial charge in [0.25, 0.3) is 0 Å². The maximum atomic E-state index is 12.3. The van der Waals surface area contributed by atoms with E-state index in [0.717, 1.165) is 5.56 Å². The highest BCUT2D eigenvalue weighted by Crippen LogP contribution is 2.25. The molecule has 0 bridgehead atoms. The molecule has 1 N–H and O–H groups in total. The molecule has 0 radical (unpaired) electrons. The zero-order valence-corrected chi connectivity index (χ0v) is 15.5. The molecule has 1 aliphatic rings. The molecule has 0 unspecified atom stereocenters. The average molecular weight is 381 g/mol. The molecule has 2 aromatic heterocycles. The zero-order valence-electron chi connectivity index (χ0n) is 13.9. The number of pyridine rings is 1. The number of aromatic nitrogens is 4. The van der Waals surface area contributed by atoms with E-state index in [9.17, 15) is 13.2 Å². The summed E-state index contributed by atoms with van der Waals surface area (Å²) < 4.78 is 24.8. The topological polar surface area (TPSA) is 107 Å². The molecular formula is C15H19N5O3S2. The van der Waals surface area contributed by atoms with Crippen molar-refractivity contribution in [3.63, 3.8) is 0 Å². The lowest BCUT2D eigenvalue weighted by molar-refractivity contribution is -0.120. The minimum atomic E-state index is -3.01. The van der Waals surface area contributed by atoms with Crippen LogP contribution in [-0.4, -0.2) is 56.9 Å². The van der Waals surface area contributed by atoms with Crippen molar-refractivity contribution in [1.82, 2.24) is 25.1 Å². The van der Waals surface area contributed by atoms with Gasteiger partial charge < -0.3 is 9.88 Å². The average Bonchev–Trinajstić information content (AvgIpc) is 3.11. The van der Waals surface area contributed by atoms with Crippen LogP contribution in [0.25, 0.3) is 11.4 Å². The van der Waals surface area contributed by atoms with E-state index in [1.807, 2.05) is 23.7 Å². The van der Waals surface area contributed by atoms with E-state index in [-0.39, 0.29) is 23.5 Å². The molecule has 0 saturated carbocycles. The van der Waals surface area contributed by atoms with Gasteiger partial charge >= 0.3 is 0 Å². The Morgan fingerprint density at radius 1 is 1.36 bits per heavy atom. The van der Waals surface area contributed by atoms with Gasteiger partial charge in [0.1, 0.15) is 0 Å². The summed E-state index contributed by atoms with van der Waals surface area (Å²) in [6, 6.07) is 3.39. The number of carbonyl (C=O) groups is 1. The second-order valence-electron chi connectivity index (χ2n) is 5.97. The summed E-state index contributed by atoms with van der Waals surface area (Å²) in [6.07, 6.45) is 3.84. The van der Waals surface area contributed by atoms with Crippen LogP contribution in [0.3, 0.4) is 0 Å². The van der Waals surface area contributed by atoms with Crippen LogP contribution < -0.4 is 5.32 Å². The molecular weight excluding hydrogens is 362 g/mol. The van der Waals surface area contributed by atoms with Gasteiger partial charge in [-0.1, -0.05) is 11.8 Å². The Morgan fingerprint density at radius 3 is 2.72 bits per heavy atom. The Bertz CT molecular complexity index is 867. The van der Waals surface area contributed by atoms with Crippen molar-refractivity contribution in [1.29, 1.82) is 0 Å². The van der Waals surface area contributed by atoms with Crippen molar-refractivity contribution >= 4 is 27.5 Å². The number of rotatable bonds is 5. The first-order valence-corrected chi connectivity index (χ1v) is 10.5. The van der Waals surface area contributed by atoms with Gasteiger partial charge in [0.2, 0.25) is 5.91 Å². The Kier molecular flexibility index (Phi) is 5.09. The molecule has 1 saturated heterocycles. The Morgan fingerprint density at radius 2 is 2.08 bits per heavy atom. The third-order valence-corrected chi connectivity index (χ3v) is 6.91. The fourth-order valence-corrected chi connectivity index (χ4v) is 5.11. The minimum Gasteiger partial charge on any atom is -0.351 e. The monoisotopic (exact) mass is 381 g/mol. The first-order chi connectivity index (χ1) is 11.9. The number of hydrogen-bond acceptors (Lipinski definition) is 7. The molecule has 0 aliphatic carbocycles. The molecule has 134 valence electrons. The second-order valence-corrected chi connectivity index (χ2v) is 9.51.